The third-order valence-electron chi connectivity index (χ3n) is 1.90. The van der Waals surface area contributed by atoms with Gasteiger partial charge in [0.15, 0.2) is 6.29 Å². The summed E-state index contributed by atoms with van der Waals surface area (Å²) in [5.41, 5.74) is 0. The van der Waals surface area contributed by atoms with Gasteiger partial charge in [0.1, 0.15) is 6.10 Å². The molecule has 3 heteroatoms. The van der Waals surface area contributed by atoms with Crippen LogP contribution in [0.2, 0.25) is 0 Å². The van der Waals surface area contributed by atoms with Gasteiger partial charge in [-0.25, -0.2) is 0 Å². The monoisotopic (exact) mass is 146 g/mol. The van der Waals surface area contributed by atoms with E-state index in [0.717, 1.165) is 12.8 Å². The summed E-state index contributed by atoms with van der Waals surface area (Å²) in [6.45, 7) is 2.01. The van der Waals surface area contributed by atoms with E-state index in [1.165, 1.54) is 0 Å². The summed E-state index contributed by atoms with van der Waals surface area (Å²) in [6.07, 6.45) is 0.915. The smallest absolute Gasteiger partial charge is 0.181 e. The maximum Gasteiger partial charge on any atom is 0.181 e. The molecule has 0 aromatic rings. The highest BCUT2D eigenvalue weighted by Crippen LogP contribution is 2.19. The van der Waals surface area contributed by atoms with Crippen LogP contribution < -0.4 is 0 Å². The molecule has 0 spiro atoms. The Morgan fingerprint density at radius 3 is 2.60 bits per heavy atom. The van der Waals surface area contributed by atoms with E-state index >= 15 is 0 Å². The molecule has 3 atom stereocenters. The standard InChI is InChI=1S/C7H14O3/c1-2-5-3-4-6(8)7(9)10-5/h5-9H,2-4H2,1H3. The average Bonchev–Trinajstić information content (AvgIpc) is 1.95. The lowest BCUT2D eigenvalue weighted by molar-refractivity contribution is -0.215. The first-order chi connectivity index (χ1) is 4.74. The van der Waals surface area contributed by atoms with Gasteiger partial charge in [-0.3, -0.25) is 0 Å². The van der Waals surface area contributed by atoms with Gasteiger partial charge in [-0.05, 0) is 19.3 Å². The van der Waals surface area contributed by atoms with Crippen molar-refractivity contribution in [2.24, 2.45) is 0 Å². The zero-order chi connectivity index (χ0) is 7.56. The highest BCUT2D eigenvalue weighted by Gasteiger charge is 2.26. The quantitative estimate of drug-likeness (QED) is 0.557. The fourth-order valence-corrected chi connectivity index (χ4v) is 1.16. The predicted octanol–water partition coefficient (Wildman–Crippen LogP) is 0.255. The van der Waals surface area contributed by atoms with Crippen molar-refractivity contribution in [1.82, 2.24) is 0 Å². The van der Waals surface area contributed by atoms with Gasteiger partial charge in [0.2, 0.25) is 0 Å². The van der Waals surface area contributed by atoms with Crippen LogP contribution in [0.25, 0.3) is 0 Å². The molecule has 1 saturated heterocycles. The molecular formula is C7H14O3. The third-order valence-corrected chi connectivity index (χ3v) is 1.90. The predicted molar refractivity (Wildman–Crippen MR) is 36.4 cm³/mol. The molecule has 0 aromatic carbocycles. The molecular weight excluding hydrogens is 132 g/mol. The van der Waals surface area contributed by atoms with Crippen LogP contribution in [0.1, 0.15) is 26.2 Å². The maximum atomic E-state index is 9.02. The van der Waals surface area contributed by atoms with E-state index in [-0.39, 0.29) is 6.10 Å². The van der Waals surface area contributed by atoms with E-state index < -0.39 is 12.4 Å². The number of aliphatic hydroxyl groups excluding tert-OH is 2. The van der Waals surface area contributed by atoms with Crippen LogP contribution in [0.15, 0.2) is 0 Å². The van der Waals surface area contributed by atoms with Crippen molar-refractivity contribution < 1.29 is 14.9 Å². The number of hydrogen-bond donors (Lipinski definition) is 2. The Labute approximate surface area is 60.6 Å². The van der Waals surface area contributed by atoms with E-state index in [9.17, 15) is 0 Å². The molecule has 60 valence electrons. The van der Waals surface area contributed by atoms with Crippen LogP contribution >= 0.6 is 0 Å². The van der Waals surface area contributed by atoms with Gasteiger partial charge in [0, 0.05) is 0 Å². The maximum absolute atomic E-state index is 9.02. The second kappa shape index (κ2) is 3.32. The molecule has 3 nitrogen and oxygen atoms in total. The van der Waals surface area contributed by atoms with E-state index in [1.807, 2.05) is 6.92 Å². The lowest BCUT2D eigenvalue weighted by atomic mass is 10.0. The van der Waals surface area contributed by atoms with Gasteiger partial charge in [-0.15, -0.1) is 0 Å². The van der Waals surface area contributed by atoms with Crippen LogP contribution in [-0.2, 0) is 4.74 Å². The minimum Gasteiger partial charge on any atom is -0.388 e. The molecule has 0 aromatic heterocycles. The summed E-state index contributed by atoms with van der Waals surface area (Å²) in [5, 5.41) is 18.0. The molecule has 0 aliphatic carbocycles. The minimum atomic E-state index is -0.960. The molecule has 2 N–H and O–H groups in total. The summed E-state index contributed by atoms with van der Waals surface area (Å²) in [6, 6.07) is 0. The van der Waals surface area contributed by atoms with Crippen molar-refractivity contribution in [2.75, 3.05) is 0 Å². The molecule has 1 aliphatic rings. The second-order valence-corrected chi connectivity index (χ2v) is 2.70. The Balaban J connectivity index is 2.33. The second-order valence-electron chi connectivity index (χ2n) is 2.70. The first-order valence-corrected chi connectivity index (χ1v) is 3.75. The van der Waals surface area contributed by atoms with Crippen LogP contribution in [0.5, 0.6) is 0 Å². The molecule has 3 unspecified atom stereocenters. The SMILES string of the molecule is CCC1CCC(O)C(O)O1. The van der Waals surface area contributed by atoms with Gasteiger partial charge in [0.05, 0.1) is 6.10 Å². The lowest BCUT2D eigenvalue weighted by Crippen LogP contribution is -2.38. The molecule has 1 heterocycles. The van der Waals surface area contributed by atoms with Gasteiger partial charge < -0.3 is 14.9 Å². The third kappa shape index (κ3) is 1.68. The Hall–Kier alpha value is -0.120. The summed E-state index contributed by atoms with van der Waals surface area (Å²) in [5.74, 6) is 0. The van der Waals surface area contributed by atoms with Crippen molar-refractivity contribution >= 4 is 0 Å². The summed E-state index contributed by atoms with van der Waals surface area (Å²) >= 11 is 0. The molecule has 10 heavy (non-hydrogen) atoms. The first-order valence-electron chi connectivity index (χ1n) is 3.75. The Kier molecular flexibility index (Phi) is 2.65. The van der Waals surface area contributed by atoms with E-state index in [2.05, 4.69) is 0 Å². The van der Waals surface area contributed by atoms with Crippen LogP contribution in [0.3, 0.4) is 0 Å². The zero-order valence-electron chi connectivity index (χ0n) is 6.16. The van der Waals surface area contributed by atoms with Crippen molar-refractivity contribution in [1.29, 1.82) is 0 Å². The van der Waals surface area contributed by atoms with Gasteiger partial charge in [-0.2, -0.15) is 0 Å². The lowest BCUT2D eigenvalue weighted by Gasteiger charge is -2.29. The van der Waals surface area contributed by atoms with E-state index in [4.69, 9.17) is 14.9 Å². The number of ether oxygens (including phenoxy) is 1. The molecule has 0 amide bonds. The Morgan fingerprint density at radius 1 is 1.40 bits per heavy atom. The highest BCUT2D eigenvalue weighted by atomic mass is 16.6. The molecule has 1 aliphatic heterocycles. The highest BCUT2D eigenvalue weighted by molar-refractivity contribution is 4.70. The number of aliphatic hydroxyl groups is 2. The average molecular weight is 146 g/mol. The van der Waals surface area contributed by atoms with Crippen molar-refractivity contribution in [2.45, 2.75) is 44.7 Å². The van der Waals surface area contributed by atoms with Crippen molar-refractivity contribution in [3.63, 3.8) is 0 Å². The van der Waals surface area contributed by atoms with Crippen molar-refractivity contribution in [3.8, 4) is 0 Å². The largest absolute Gasteiger partial charge is 0.388 e. The molecule has 1 fully saturated rings. The summed E-state index contributed by atoms with van der Waals surface area (Å²) in [4.78, 5) is 0. The number of rotatable bonds is 1. The van der Waals surface area contributed by atoms with E-state index in [0.29, 0.717) is 6.42 Å². The molecule has 0 bridgehead atoms. The molecule has 0 saturated carbocycles. The van der Waals surface area contributed by atoms with Crippen LogP contribution in [0, 0.1) is 0 Å². The fraction of sp³-hybridized carbons (Fsp3) is 1.00. The Bertz CT molecular complexity index is 105. The van der Waals surface area contributed by atoms with Crippen molar-refractivity contribution in [3.05, 3.63) is 0 Å². The zero-order valence-corrected chi connectivity index (χ0v) is 6.16. The number of hydrogen-bond acceptors (Lipinski definition) is 3. The Morgan fingerprint density at radius 2 is 2.10 bits per heavy atom. The van der Waals surface area contributed by atoms with Crippen LogP contribution in [0.4, 0.5) is 0 Å². The van der Waals surface area contributed by atoms with Gasteiger partial charge in [-0.1, -0.05) is 6.92 Å². The topological polar surface area (TPSA) is 49.7 Å². The minimum absolute atomic E-state index is 0.137. The molecule has 0 radical (unpaired) electrons. The van der Waals surface area contributed by atoms with Gasteiger partial charge in [0.25, 0.3) is 0 Å². The summed E-state index contributed by atoms with van der Waals surface area (Å²) in [7, 11) is 0. The normalized spacial score (nSPS) is 41.7. The van der Waals surface area contributed by atoms with E-state index in [1.54, 1.807) is 0 Å². The summed E-state index contributed by atoms with van der Waals surface area (Å²) < 4.78 is 5.05. The fourth-order valence-electron chi connectivity index (χ4n) is 1.16. The first kappa shape index (κ1) is 7.98. The molecule has 1 rings (SSSR count). The van der Waals surface area contributed by atoms with Crippen LogP contribution in [-0.4, -0.2) is 28.7 Å². The van der Waals surface area contributed by atoms with Gasteiger partial charge >= 0.3 is 0 Å².